The molecule has 0 spiro atoms. The number of benzene rings is 1. The second kappa shape index (κ2) is 3.95. The number of amides is 1. The Hall–Kier alpha value is -2.10. The minimum Gasteiger partial charge on any atom is -0.366 e. The van der Waals surface area contributed by atoms with Gasteiger partial charge in [0.2, 0.25) is 5.91 Å². The summed E-state index contributed by atoms with van der Waals surface area (Å²) in [5.74, 6) is -2.17. The van der Waals surface area contributed by atoms with Crippen molar-refractivity contribution in [1.82, 2.24) is 9.97 Å². The van der Waals surface area contributed by atoms with Gasteiger partial charge in [-0.25, -0.2) is 4.98 Å². The van der Waals surface area contributed by atoms with E-state index < -0.39 is 27.2 Å². The second-order valence-corrected chi connectivity index (χ2v) is 5.02. The van der Waals surface area contributed by atoms with Crippen LogP contribution < -0.4 is 5.73 Å². The molecule has 0 aliphatic rings. The normalized spacial score (nSPS) is 12.8. The van der Waals surface area contributed by atoms with Crippen LogP contribution in [0.4, 0.5) is 12.7 Å². The van der Waals surface area contributed by atoms with Gasteiger partial charge in [-0.05, 0) is 18.2 Å². The first kappa shape index (κ1) is 13.3. The van der Waals surface area contributed by atoms with Gasteiger partial charge in [0.15, 0.2) is 5.82 Å². The highest BCUT2D eigenvalue weighted by molar-refractivity contribution is 7.87. The molecule has 0 atom stereocenters. The van der Waals surface area contributed by atoms with Crippen molar-refractivity contribution in [3.8, 4) is 0 Å². The molecule has 2 rings (SSSR count). The van der Waals surface area contributed by atoms with Crippen molar-refractivity contribution in [2.75, 3.05) is 0 Å². The molecule has 1 aromatic heterocycles. The van der Waals surface area contributed by atoms with E-state index in [1.54, 1.807) is 0 Å². The van der Waals surface area contributed by atoms with Crippen molar-refractivity contribution in [3.63, 3.8) is 0 Å². The molecule has 0 saturated heterocycles. The van der Waals surface area contributed by atoms with Gasteiger partial charge >= 0.3 is 15.5 Å². The summed E-state index contributed by atoms with van der Waals surface area (Å²) in [6.07, 6.45) is 0. The molecule has 2 aromatic rings. The monoisotopic (exact) mass is 293 g/mol. The summed E-state index contributed by atoms with van der Waals surface area (Å²) in [6.45, 7) is 0. The summed E-state index contributed by atoms with van der Waals surface area (Å²) in [7, 11) is -6.15. The van der Waals surface area contributed by atoms with Crippen molar-refractivity contribution >= 4 is 27.2 Å². The average Bonchev–Trinajstić information content (AvgIpc) is 2.70. The smallest absolute Gasteiger partial charge is 0.366 e. The maximum Gasteiger partial charge on any atom is 0.430 e. The summed E-state index contributed by atoms with van der Waals surface area (Å²) in [5.41, 5.74) is 4.88. The van der Waals surface area contributed by atoms with Gasteiger partial charge in [0.05, 0.1) is 11.0 Å². The lowest BCUT2D eigenvalue weighted by atomic mass is 10.2. The van der Waals surface area contributed by atoms with Gasteiger partial charge in [0.1, 0.15) is 0 Å². The number of nitrogens with zero attached hydrogens (tertiary/aromatic N) is 1. The van der Waals surface area contributed by atoms with E-state index in [4.69, 9.17) is 5.73 Å². The number of halogens is 3. The first-order valence-corrected chi connectivity index (χ1v) is 6.13. The zero-order valence-electron chi connectivity index (χ0n) is 9.02. The largest absolute Gasteiger partial charge is 0.430 e. The van der Waals surface area contributed by atoms with Crippen LogP contribution in [0.2, 0.25) is 0 Å². The van der Waals surface area contributed by atoms with Gasteiger partial charge in [0, 0.05) is 5.56 Å². The first-order valence-electron chi connectivity index (χ1n) is 4.75. The number of imidazole rings is 1. The van der Waals surface area contributed by atoms with Gasteiger partial charge in [-0.2, -0.15) is 17.2 Å². The minimum absolute atomic E-state index is 0.00845. The number of aromatic nitrogens is 2. The number of primary amides is 1. The van der Waals surface area contributed by atoms with Gasteiger partial charge < -0.3 is 10.7 Å². The summed E-state index contributed by atoms with van der Waals surface area (Å²) in [5, 5.41) is -4.79. The number of nitrogens with one attached hydrogen (secondary N) is 1. The third-order valence-electron chi connectivity index (χ3n) is 2.35. The van der Waals surface area contributed by atoms with Crippen LogP contribution in [0.5, 0.6) is 0 Å². The van der Waals surface area contributed by atoms with Crippen molar-refractivity contribution in [2.45, 2.75) is 5.25 Å². The Balaban J connectivity index is 2.63. The Bertz CT molecular complexity index is 769. The van der Waals surface area contributed by atoms with E-state index in [9.17, 15) is 25.9 Å². The molecule has 1 amide bonds. The van der Waals surface area contributed by atoms with E-state index in [2.05, 4.69) is 4.98 Å². The zero-order chi connectivity index (χ0) is 14.4. The fraction of sp³-hybridized carbons (Fsp3) is 0.111. The first-order chi connectivity index (χ1) is 8.63. The number of rotatable bonds is 3. The van der Waals surface area contributed by atoms with E-state index in [1.165, 1.54) is 12.1 Å². The van der Waals surface area contributed by atoms with E-state index in [0.29, 0.717) is 0 Å². The molecule has 102 valence electrons. The molecule has 0 radical (unpaired) electrons. The molecule has 0 fully saturated rings. The average molecular weight is 293 g/mol. The number of carbonyl (C=O) groups is 1. The highest BCUT2D eigenvalue weighted by Gasteiger charge is 2.50. The number of hydrogen-bond donors (Lipinski definition) is 2. The maximum atomic E-state index is 13.2. The molecule has 10 heteroatoms. The standard InChI is InChI=1S/C9H6F3N3O3S/c10-9(11,19(12,17)18)8-14-5-2-1-4(7(13)16)3-6(5)15-8/h1-3H,(H2,13,16)(H,14,15). The molecule has 6 nitrogen and oxygen atoms in total. The molecular weight excluding hydrogens is 287 g/mol. The third kappa shape index (κ3) is 2.14. The van der Waals surface area contributed by atoms with E-state index in [0.717, 1.165) is 6.07 Å². The Labute approximate surface area is 104 Å². The quantitative estimate of drug-likeness (QED) is 0.824. The maximum absolute atomic E-state index is 13.2. The lowest BCUT2D eigenvalue weighted by Crippen LogP contribution is -2.23. The summed E-state index contributed by atoms with van der Waals surface area (Å²) >= 11 is 0. The molecule has 3 N–H and O–H groups in total. The fourth-order valence-electron chi connectivity index (χ4n) is 1.42. The number of nitrogens with two attached hydrogens (primary N) is 1. The second-order valence-electron chi connectivity index (χ2n) is 3.64. The van der Waals surface area contributed by atoms with E-state index in [1.807, 2.05) is 4.98 Å². The van der Waals surface area contributed by atoms with E-state index >= 15 is 0 Å². The number of H-pyrrole nitrogens is 1. The fourth-order valence-corrected chi connectivity index (χ4v) is 1.74. The van der Waals surface area contributed by atoms with Crippen LogP contribution in [0.25, 0.3) is 11.0 Å². The number of aromatic amines is 1. The topological polar surface area (TPSA) is 106 Å². The predicted molar refractivity (Wildman–Crippen MR) is 58.5 cm³/mol. The minimum atomic E-state index is -6.15. The molecular formula is C9H6F3N3O3S. The summed E-state index contributed by atoms with van der Waals surface area (Å²) in [6, 6.07) is 3.50. The molecule has 1 heterocycles. The summed E-state index contributed by atoms with van der Waals surface area (Å²) in [4.78, 5) is 16.1. The van der Waals surface area contributed by atoms with Crippen LogP contribution in [0.3, 0.4) is 0 Å². The number of alkyl halides is 2. The predicted octanol–water partition coefficient (Wildman–Crippen LogP) is 1.01. The Morgan fingerprint density at radius 1 is 1.37 bits per heavy atom. The van der Waals surface area contributed by atoms with Gasteiger partial charge in [-0.1, -0.05) is 3.89 Å². The van der Waals surface area contributed by atoms with Crippen LogP contribution in [-0.4, -0.2) is 24.3 Å². The van der Waals surface area contributed by atoms with Crippen LogP contribution in [0, 0.1) is 0 Å². The van der Waals surface area contributed by atoms with Crippen LogP contribution in [0.1, 0.15) is 16.2 Å². The number of hydrogen-bond acceptors (Lipinski definition) is 4. The van der Waals surface area contributed by atoms with Crippen LogP contribution >= 0.6 is 0 Å². The third-order valence-corrected chi connectivity index (χ3v) is 3.15. The molecule has 0 unspecified atom stereocenters. The van der Waals surface area contributed by atoms with Crippen molar-refractivity contribution < 1.29 is 25.9 Å². The van der Waals surface area contributed by atoms with Gasteiger partial charge in [-0.15, -0.1) is 0 Å². The Morgan fingerprint density at radius 3 is 2.53 bits per heavy atom. The molecule has 19 heavy (non-hydrogen) atoms. The molecule has 0 bridgehead atoms. The molecule has 0 saturated carbocycles. The number of carbonyl (C=O) groups excluding carboxylic acids is 1. The highest BCUT2D eigenvalue weighted by atomic mass is 32.3. The van der Waals surface area contributed by atoms with Gasteiger partial charge in [0.25, 0.3) is 0 Å². The van der Waals surface area contributed by atoms with Crippen LogP contribution in [0.15, 0.2) is 18.2 Å². The molecule has 1 aromatic carbocycles. The molecule has 0 aliphatic carbocycles. The van der Waals surface area contributed by atoms with E-state index in [-0.39, 0.29) is 16.6 Å². The van der Waals surface area contributed by atoms with Crippen molar-refractivity contribution in [2.24, 2.45) is 5.73 Å². The van der Waals surface area contributed by atoms with Crippen molar-refractivity contribution in [1.29, 1.82) is 0 Å². The zero-order valence-corrected chi connectivity index (χ0v) is 9.84. The lowest BCUT2D eigenvalue weighted by molar-refractivity contribution is 0.0755. The Kier molecular flexibility index (Phi) is 2.77. The number of fused-ring (bicyclic) bond motifs is 1. The summed E-state index contributed by atoms with van der Waals surface area (Å²) < 4.78 is 59.6. The highest BCUT2D eigenvalue weighted by Crippen LogP contribution is 2.34. The lowest BCUT2D eigenvalue weighted by Gasteiger charge is -2.06. The Morgan fingerprint density at radius 2 is 2.00 bits per heavy atom. The van der Waals surface area contributed by atoms with Crippen LogP contribution in [-0.2, 0) is 15.5 Å². The van der Waals surface area contributed by atoms with Crippen molar-refractivity contribution in [3.05, 3.63) is 29.6 Å². The van der Waals surface area contributed by atoms with Gasteiger partial charge in [-0.3, -0.25) is 4.79 Å². The molecule has 0 aliphatic heterocycles. The SMILES string of the molecule is NC(=O)c1ccc2nc(C(F)(F)S(=O)(=O)F)[nH]c2c1.